The molecule has 1 fully saturated rings. The van der Waals surface area contributed by atoms with E-state index < -0.39 is 17.3 Å². The van der Waals surface area contributed by atoms with E-state index in [9.17, 15) is 18.0 Å². The molecule has 0 radical (unpaired) electrons. The van der Waals surface area contributed by atoms with Gasteiger partial charge < -0.3 is 15.0 Å². The molecule has 0 aliphatic carbocycles. The molecule has 2 aliphatic heterocycles. The van der Waals surface area contributed by atoms with Crippen LogP contribution >= 0.6 is 0 Å². The van der Waals surface area contributed by atoms with Gasteiger partial charge in [-0.15, -0.1) is 0 Å². The molecule has 156 valence electrons. The Balaban J connectivity index is 1.50. The van der Waals surface area contributed by atoms with Gasteiger partial charge in [0.15, 0.2) is 0 Å². The van der Waals surface area contributed by atoms with Crippen molar-refractivity contribution in [3.63, 3.8) is 0 Å². The summed E-state index contributed by atoms with van der Waals surface area (Å²) in [7, 11) is 0. The van der Waals surface area contributed by atoms with E-state index in [1.165, 1.54) is 4.90 Å². The summed E-state index contributed by atoms with van der Waals surface area (Å²) in [6, 6.07) is 5.54. The summed E-state index contributed by atoms with van der Waals surface area (Å²) in [4.78, 5) is 15.6. The monoisotopic (exact) mass is 409 g/mol. The lowest BCUT2D eigenvalue weighted by Crippen LogP contribution is -2.44. The third-order valence-electron chi connectivity index (χ3n) is 5.28. The fraction of sp³-hybridized carbons (Fsp3) is 0.474. The van der Waals surface area contributed by atoms with Crippen LogP contribution in [0.2, 0.25) is 0 Å². The highest BCUT2D eigenvalue weighted by Gasteiger charge is 2.39. The number of rotatable bonds is 5. The highest BCUT2D eigenvalue weighted by Crippen LogP contribution is 2.38. The maximum Gasteiger partial charge on any atom is 0.423 e. The number of hydrogen-bond acceptors (Lipinski definition) is 6. The average Bonchev–Trinajstić information content (AvgIpc) is 3.13. The number of ether oxygens (including phenoxy) is 1. The third-order valence-corrected chi connectivity index (χ3v) is 5.28. The zero-order valence-corrected chi connectivity index (χ0v) is 15.8. The van der Waals surface area contributed by atoms with E-state index in [4.69, 9.17) is 4.74 Å². The second kappa shape index (κ2) is 8.03. The average molecular weight is 409 g/mol. The van der Waals surface area contributed by atoms with Crippen LogP contribution in [0.1, 0.15) is 16.7 Å². The molecule has 0 spiro atoms. The first-order valence-electron chi connectivity index (χ1n) is 9.50. The first kappa shape index (κ1) is 19.7. The van der Waals surface area contributed by atoms with Crippen molar-refractivity contribution >= 4 is 5.69 Å². The molecule has 29 heavy (non-hydrogen) atoms. The van der Waals surface area contributed by atoms with Gasteiger partial charge in [-0.1, -0.05) is 12.1 Å². The maximum atomic E-state index is 13.4. The zero-order chi connectivity index (χ0) is 20.4. The summed E-state index contributed by atoms with van der Waals surface area (Å²) in [5.41, 5.74) is -0.941. The predicted octanol–water partition coefficient (Wildman–Crippen LogP) is 1.59. The maximum absolute atomic E-state index is 13.4. The zero-order valence-electron chi connectivity index (χ0n) is 15.8. The second-order valence-electron chi connectivity index (χ2n) is 7.15. The molecule has 2 N–H and O–H groups in total. The number of nitrogens with zero attached hydrogens (tertiary/aromatic N) is 3. The number of nitrogens with one attached hydrogen (secondary N) is 2. The van der Waals surface area contributed by atoms with Gasteiger partial charge in [-0.25, -0.2) is 5.10 Å². The fourth-order valence-corrected chi connectivity index (χ4v) is 3.82. The first-order valence-corrected chi connectivity index (χ1v) is 9.50. The minimum Gasteiger partial charge on any atom is -0.492 e. The molecule has 3 heterocycles. The third kappa shape index (κ3) is 4.23. The molecule has 7 nitrogen and oxygen atoms in total. The van der Waals surface area contributed by atoms with Crippen LogP contribution in [0, 0.1) is 0 Å². The molecule has 0 amide bonds. The van der Waals surface area contributed by atoms with Gasteiger partial charge in [0.1, 0.15) is 17.9 Å². The van der Waals surface area contributed by atoms with Gasteiger partial charge in [0.05, 0.1) is 11.9 Å². The smallest absolute Gasteiger partial charge is 0.423 e. The van der Waals surface area contributed by atoms with Crippen LogP contribution < -0.4 is 20.5 Å². The Hall–Kier alpha value is -2.59. The van der Waals surface area contributed by atoms with E-state index >= 15 is 0 Å². The molecule has 0 saturated carbocycles. The Morgan fingerprint density at radius 2 is 1.97 bits per heavy atom. The topological polar surface area (TPSA) is 73.5 Å². The van der Waals surface area contributed by atoms with Crippen molar-refractivity contribution in [3.8, 4) is 5.75 Å². The molecule has 2 aliphatic rings. The fourth-order valence-electron chi connectivity index (χ4n) is 3.82. The number of alkyl halides is 3. The molecular weight excluding hydrogens is 387 g/mol. The van der Waals surface area contributed by atoms with Gasteiger partial charge in [-0.3, -0.25) is 9.69 Å². The Morgan fingerprint density at radius 1 is 1.17 bits per heavy atom. The van der Waals surface area contributed by atoms with E-state index in [0.717, 1.165) is 50.0 Å². The number of benzene rings is 1. The van der Waals surface area contributed by atoms with Crippen LogP contribution in [-0.2, 0) is 19.3 Å². The van der Waals surface area contributed by atoms with Crippen molar-refractivity contribution in [3.05, 3.63) is 51.4 Å². The van der Waals surface area contributed by atoms with Gasteiger partial charge in [0.25, 0.3) is 5.56 Å². The number of hydrogen-bond donors (Lipinski definition) is 2. The molecule has 0 atom stereocenters. The van der Waals surface area contributed by atoms with Crippen molar-refractivity contribution in [2.24, 2.45) is 0 Å². The minimum absolute atomic E-state index is 0.218. The van der Waals surface area contributed by atoms with Gasteiger partial charge in [-0.2, -0.15) is 18.3 Å². The summed E-state index contributed by atoms with van der Waals surface area (Å²) in [5.74, 6) is 0.673. The molecule has 0 bridgehead atoms. The van der Waals surface area contributed by atoms with Crippen LogP contribution in [-0.4, -0.2) is 54.4 Å². The molecular formula is C19H22F3N5O2. The van der Waals surface area contributed by atoms with Gasteiger partial charge >= 0.3 is 6.18 Å². The van der Waals surface area contributed by atoms with E-state index in [2.05, 4.69) is 15.3 Å². The van der Waals surface area contributed by atoms with Crippen LogP contribution in [0.3, 0.4) is 0 Å². The van der Waals surface area contributed by atoms with E-state index in [-0.39, 0.29) is 18.8 Å². The standard InChI is InChI=1S/C19H22F3N5O2/c20-19(21,22)17-15(10-24-25-18(17)28)27-11-13-2-1-3-16(14(13)12-27)29-9-8-26-6-4-23-5-7-26/h1-3,10,23H,4-9,11-12H2,(H,25,28). The number of halogens is 3. The van der Waals surface area contributed by atoms with Gasteiger partial charge in [0, 0.05) is 51.4 Å². The minimum atomic E-state index is -4.76. The number of aromatic nitrogens is 2. The molecule has 1 aromatic carbocycles. The summed E-state index contributed by atoms with van der Waals surface area (Å²) in [6.45, 7) is 5.66. The number of H-pyrrole nitrogens is 1. The predicted molar refractivity (Wildman–Crippen MR) is 101 cm³/mol. The van der Waals surface area contributed by atoms with E-state index in [0.29, 0.717) is 12.4 Å². The van der Waals surface area contributed by atoms with Crippen LogP contribution in [0.4, 0.5) is 18.9 Å². The second-order valence-corrected chi connectivity index (χ2v) is 7.15. The highest BCUT2D eigenvalue weighted by atomic mass is 19.4. The largest absolute Gasteiger partial charge is 0.492 e. The van der Waals surface area contributed by atoms with Crippen LogP contribution in [0.15, 0.2) is 29.2 Å². The molecule has 1 aromatic heterocycles. The Labute approximate surface area is 165 Å². The van der Waals surface area contributed by atoms with Gasteiger partial charge in [-0.05, 0) is 11.6 Å². The van der Waals surface area contributed by atoms with Crippen molar-refractivity contribution in [2.45, 2.75) is 19.3 Å². The van der Waals surface area contributed by atoms with Crippen molar-refractivity contribution in [1.82, 2.24) is 20.4 Å². The number of anilines is 1. The number of piperazine rings is 1. The van der Waals surface area contributed by atoms with Crippen LogP contribution in [0.25, 0.3) is 0 Å². The molecule has 4 rings (SSSR count). The first-order chi connectivity index (χ1) is 13.9. The summed E-state index contributed by atoms with van der Waals surface area (Å²) < 4.78 is 46.2. The molecule has 2 aromatic rings. The Morgan fingerprint density at radius 3 is 2.72 bits per heavy atom. The summed E-state index contributed by atoms with van der Waals surface area (Å²) in [5, 5.41) is 8.74. The molecule has 10 heteroatoms. The Bertz CT molecular complexity index is 925. The SMILES string of the molecule is O=c1[nH]ncc(N2Cc3cccc(OCCN4CCNCC4)c3C2)c1C(F)(F)F. The summed E-state index contributed by atoms with van der Waals surface area (Å²) >= 11 is 0. The normalized spacial score (nSPS) is 17.4. The Kier molecular flexibility index (Phi) is 5.46. The van der Waals surface area contributed by atoms with E-state index in [1.54, 1.807) is 0 Å². The highest BCUT2D eigenvalue weighted by molar-refractivity contribution is 5.58. The van der Waals surface area contributed by atoms with Crippen molar-refractivity contribution in [1.29, 1.82) is 0 Å². The molecule has 0 unspecified atom stereocenters. The number of aromatic amines is 1. The lowest BCUT2D eigenvalue weighted by molar-refractivity contribution is -0.138. The lowest BCUT2D eigenvalue weighted by atomic mass is 10.1. The van der Waals surface area contributed by atoms with Crippen LogP contribution in [0.5, 0.6) is 5.75 Å². The van der Waals surface area contributed by atoms with Crippen molar-refractivity contribution in [2.75, 3.05) is 44.2 Å². The van der Waals surface area contributed by atoms with Crippen molar-refractivity contribution < 1.29 is 17.9 Å². The van der Waals surface area contributed by atoms with Gasteiger partial charge in [0.2, 0.25) is 0 Å². The molecule has 1 saturated heterocycles. The van der Waals surface area contributed by atoms with E-state index in [1.807, 2.05) is 23.3 Å². The quantitative estimate of drug-likeness (QED) is 0.782. The number of fused-ring (bicyclic) bond motifs is 1. The summed E-state index contributed by atoms with van der Waals surface area (Å²) in [6.07, 6.45) is -3.70. The lowest BCUT2D eigenvalue weighted by Gasteiger charge is -2.27.